The van der Waals surface area contributed by atoms with Gasteiger partial charge in [-0.3, -0.25) is 0 Å². The lowest BCUT2D eigenvalue weighted by Crippen LogP contribution is -2.41. The Balaban J connectivity index is 0.00000306. The van der Waals surface area contributed by atoms with Crippen molar-refractivity contribution in [1.29, 1.82) is 0 Å². The number of para-hydroxylation sites is 1. The molecule has 2 N–H and O–H groups in total. The van der Waals surface area contributed by atoms with Gasteiger partial charge in [0.25, 0.3) is 0 Å². The van der Waals surface area contributed by atoms with Gasteiger partial charge in [0.1, 0.15) is 11.6 Å². The fourth-order valence-corrected chi connectivity index (χ4v) is 3.70. The molecule has 8 heteroatoms. The van der Waals surface area contributed by atoms with Crippen LogP contribution >= 0.6 is 24.0 Å². The molecule has 4 rings (SSSR count). The third-order valence-electron chi connectivity index (χ3n) is 5.73. The van der Waals surface area contributed by atoms with Crippen LogP contribution < -0.4 is 20.3 Å². The van der Waals surface area contributed by atoms with E-state index in [0.717, 1.165) is 67.4 Å². The summed E-state index contributed by atoms with van der Waals surface area (Å²) in [7, 11) is 0. The molecule has 1 atom stereocenters. The third kappa shape index (κ3) is 8.03. The zero-order valence-corrected chi connectivity index (χ0v) is 22.0. The van der Waals surface area contributed by atoms with Gasteiger partial charge in [0.15, 0.2) is 5.96 Å². The highest BCUT2D eigenvalue weighted by atomic mass is 127. The Morgan fingerprint density at radius 3 is 2.79 bits per heavy atom. The summed E-state index contributed by atoms with van der Waals surface area (Å²) in [5.74, 6) is 3.48. The number of benzene rings is 1. The molecule has 2 fully saturated rings. The largest absolute Gasteiger partial charge is 0.493 e. The van der Waals surface area contributed by atoms with Crippen molar-refractivity contribution in [3.05, 3.63) is 53.7 Å². The summed E-state index contributed by atoms with van der Waals surface area (Å²) in [5.41, 5.74) is 2.23. The van der Waals surface area contributed by atoms with Gasteiger partial charge >= 0.3 is 0 Å². The first-order valence-electron chi connectivity index (χ1n) is 11.8. The SMILES string of the molecule is CCNC(=NCc1ccc(N2CCOC(C)C2)nc1)NCc1ccccc1OCC1CC1.I. The van der Waals surface area contributed by atoms with Crippen molar-refractivity contribution in [3.63, 3.8) is 0 Å². The Hall–Kier alpha value is -2.07. The maximum Gasteiger partial charge on any atom is 0.191 e. The number of guanidine groups is 1. The molecule has 0 radical (unpaired) electrons. The zero-order chi connectivity index (χ0) is 22.2. The van der Waals surface area contributed by atoms with Crippen molar-refractivity contribution >= 4 is 35.8 Å². The van der Waals surface area contributed by atoms with E-state index in [1.54, 1.807) is 0 Å². The Bertz CT molecular complexity index is 889. The van der Waals surface area contributed by atoms with Crippen LogP contribution in [0.2, 0.25) is 0 Å². The molecule has 180 valence electrons. The van der Waals surface area contributed by atoms with Crippen molar-refractivity contribution in [2.75, 3.05) is 37.7 Å². The van der Waals surface area contributed by atoms with Gasteiger partial charge in [-0.25, -0.2) is 9.98 Å². The van der Waals surface area contributed by atoms with Crippen LogP contribution in [0, 0.1) is 5.92 Å². The predicted molar refractivity (Wildman–Crippen MR) is 144 cm³/mol. The highest BCUT2D eigenvalue weighted by molar-refractivity contribution is 14.0. The average Bonchev–Trinajstić information content (AvgIpc) is 3.65. The Morgan fingerprint density at radius 1 is 1.21 bits per heavy atom. The van der Waals surface area contributed by atoms with Gasteiger partial charge in [0.2, 0.25) is 0 Å². The number of rotatable bonds is 9. The molecule has 0 amide bonds. The zero-order valence-electron chi connectivity index (χ0n) is 19.6. The lowest BCUT2D eigenvalue weighted by Gasteiger charge is -2.32. The van der Waals surface area contributed by atoms with Crippen molar-refractivity contribution in [2.24, 2.45) is 10.9 Å². The summed E-state index contributed by atoms with van der Waals surface area (Å²) in [6, 6.07) is 12.4. The van der Waals surface area contributed by atoms with Crippen LogP contribution in [0.5, 0.6) is 5.75 Å². The summed E-state index contributed by atoms with van der Waals surface area (Å²) in [4.78, 5) is 11.7. The summed E-state index contributed by atoms with van der Waals surface area (Å²) >= 11 is 0. The lowest BCUT2D eigenvalue weighted by atomic mass is 10.2. The van der Waals surface area contributed by atoms with E-state index in [-0.39, 0.29) is 30.1 Å². The lowest BCUT2D eigenvalue weighted by molar-refractivity contribution is 0.0529. The molecular formula is C25H36IN5O2. The van der Waals surface area contributed by atoms with Gasteiger partial charge in [-0.05, 0) is 50.3 Å². The van der Waals surface area contributed by atoms with Crippen LogP contribution in [0.3, 0.4) is 0 Å². The fourth-order valence-electron chi connectivity index (χ4n) is 3.70. The molecule has 33 heavy (non-hydrogen) atoms. The number of hydrogen-bond donors (Lipinski definition) is 2. The van der Waals surface area contributed by atoms with Crippen LogP contribution in [-0.2, 0) is 17.8 Å². The highest BCUT2D eigenvalue weighted by Crippen LogP contribution is 2.30. The minimum atomic E-state index is 0. The number of halogens is 1. The maximum absolute atomic E-state index is 6.03. The van der Waals surface area contributed by atoms with Crippen molar-refractivity contribution in [2.45, 2.75) is 45.9 Å². The molecule has 0 spiro atoms. The second kappa shape index (κ2) is 13.0. The van der Waals surface area contributed by atoms with E-state index in [2.05, 4.69) is 52.6 Å². The highest BCUT2D eigenvalue weighted by Gasteiger charge is 2.22. The molecule has 2 aromatic rings. The van der Waals surface area contributed by atoms with Crippen LogP contribution in [0.15, 0.2) is 47.6 Å². The van der Waals surface area contributed by atoms with Gasteiger partial charge in [0, 0.05) is 37.9 Å². The van der Waals surface area contributed by atoms with Crippen LogP contribution in [-0.4, -0.2) is 49.9 Å². The maximum atomic E-state index is 6.03. The molecule has 1 aromatic heterocycles. The summed E-state index contributed by atoms with van der Waals surface area (Å²) in [6.07, 6.45) is 4.74. The van der Waals surface area contributed by atoms with E-state index in [0.29, 0.717) is 13.1 Å². The smallest absolute Gasteiger partial charge is 0.191 e. The van der Waals surface area contributed by atoms with E-state index < -0.39 is 0 Å². The van der Waals surface area contributed by atoms with Gasteiger partial charge in [-0.2, -0.15) is 0 Å². The number of nitrogens with zero attached hydrogens (tertiary/aromatic N) is 3. The van der Waals surface area contributed by atoms with Crippen LogP contribution in [0.1, 0.15) is 37.8 Å². The number of aliphatic imine (C=N–C) groups is 1. The van der Waals surface area contributed by atoms with E-state index in [4.69, 9.17) is 14.5 Å². The molecule has 1 saturated carbocycles. The van der Waals surface area contributed by atoms with Gasteiger partial charge in [-0.15, -0.1) is 24.0 Å². The van der Waals surface area contributed by atoms with Gasteiger partial charge in [0.05, 0.1) is 25.9 Å². The number of aromatic nitrogens is 1. The minimum Gasteiger partial charge on any atom is -0.493 e. The molecule has 1 aromatic carbocycles. The molecule has 2 aliphatic rings. The quantitative estimate of drug-likeness (QED) is 0.273. The predicted octanol–water partition coefficient (Wildman–Crippen LogP) is 3.97. The number of pyridine rings is 1. The number of hydrogen-bond acceptors (Lipinski definition) is 5. The first-order valence-corrected chi connectivity index (χ1v) is 11.8. The normalized spacial score (nSPS) is 18.4. The summed E-state index contributed by atoms with van der Waals surface area (Å²) in [5, 5.41) is 6.76. The molecule has 1 saturated heterocycles. The molecule has 0 bridgehead atoms. The van der Waals surface area contributed by atoms with Crippen LogP contribution in [0.25, 0.3) is 0 Å². The van der Waals surface area contributed by atoms with E-state index in [9.17, 15) is 0 Å². The van der Waals surface area contributed by atoms with Crippen LogP contribution in [0.4, 0.5) is 5.82 Å². The standard InChI is InChI=1S/C25H35N5O2.HI/c1-3-26-25(29-16-22-6-4-5-7-23(22)32-18-20-8-9-20)28-15-21-10-11-24(27-14-21)30-12-13-31-19(2)17-30;/h4-7,10-11,14,19-20H,3,8-9,12-13,15-18H2,1-2H3,(H2,26,28,29);1H. The Labute approximate surface area is 214 Å². The average molecular weight is 566 g/mol. The first-order chi connectivity index (χ1) is 15.7. The molecule has 1 aliphatic carbocycles. The Kier molecular flexibility index (Phi) is 10.1. The molecule has 1 aliphatic heterocycles. The van der Waals surface area contributed by atoms with E-state index >= 15 is 0 Å². The Morgan fingerprint density at radius 2 is 2.06 bits per heavy atom. The van der Waals surface area contributed by atoms with Crippen molar-refractivity contribution in [1.82, 2.24) is 15.6 Å². The van der Waals surface area contributed by atoms with E-state index in [1.807, 2.05) is 24.4 Å². The van der Waals surface area contributed by atoms with Gasteiger partial charge < -0.3 is 25.0 Å². The second-order valence-electron chi connectivity index (χ2n) is 8.56. The summed E-state index contributed by atoms with van der Waals surface area (Å²) in [6.45, 7) is 9.55. The molecule has 1 unspecified atom stereocenters. The van der Waals surface area contributed by atoms with E-state index in [1.165, 1.54) is 12.8 Å². The van der Waals surface area contributed by atoms with Crippen molar-refractivity contribution in [3.8, 4) is 5.75 Å². The minimum absolute atomic E-state index is 0. The number of morpholine rings is 1. The van der Waals surface area contributed by atoms with Gasteiger partial charge in [-0.1, -0.05) is 24.3 Å². The molecular weight excluding hydrogens is 529 g/mol. The number of ether oxygens (including phenoxy) is 2. The monoisotopic (exact) mass is 565 g/mol. The molecule has 7 nitrogen and oxygen atoms in total. The topological polar surface area (TPSA) is 71.0 Å². The molecule has 2 heterocycles. The number of nitrogens with one attached hydrogen (secondary N) is 2. The van der Waals surface area contributed by atoms with Crippen molar-refractivity contribution < 1.29 is 9.47 Å². The number of anilines is 1. The fraction of sp³-hybridized carbons (Fsp3) is 0.520. The summed E-state index contributed by atoms with van der Waals surface area (Å²) < 4.78 is 11.7. The second-order valence-corrected chi connectivity index (χ2v) is 8.56. The first kappa shape index (κ1) is 25.6. The third-order valence-corrected chi connectivity index (χ3v) is 5.73.